The van der Waals surface area contributed by atoms with Gasteiger partial charge in [0.05, 0.1) is 12.7 Å². The van der Waals surface area contributed by atoms with Gasteiger partial charge in [0.15, 0.2) is 0 Å². The molecule has 0 aliphatic carbocycles. The molecule has 104 valence electrons. The minimum absolute atomic E-state index is 0.160. The second kappa shape index (κ2) is 6.30. The fourth-order valence-electron chi connectivity index (χ4n) is 1.70. The third-order valence-electron chi connectivity index (χ3n) is 2.76. The van der Waals surface area contributed by atoms with E-state index >= 15 is 0 Å². The Morgan fingerprint density at radius 2 is 1.80 bits per heavy atom. The van der Waals surface area contributed by atoms with Gasteiger partial charge < -0.3 is 14.6 Å². The van der Waals surface area contributed by atoms with Gasteiger partial charge in [-0.25, -0.2) is 4.79 Å². The second-order valence-electron chi connectivity index (χ2n) is 4.07. The Balaban J connectivity index is 2.16. The minimum atomic E-state index is -1.02. The van der Waals surface area contributed by atoms with E-state index in [0.717, 1.165) is 0 Å². The molecule has 5 heteroatoms. The summed E-state index contributed by atoms with van der Waals surface area (Å²) in [6, 6.07) is 11.7. The first kappa shape index (κ1) is 14.2. The van der Waals surface area contributed by atoms with Gasteiger partial charge in [-0.2, -0.15) is 0 Å². The van der Waals surface area contributed by atoms with E-state index < -0.39 is 5.97 Å². The zero-order chi connectivity index (χ0) is 14.5. The van der Waals surface area contributed by atoms with E-state index in [9.17, 15) is 9.90 Å². The minimum Gasteiger partial charge on any atom is -0.497 e. The van der Waals surface area contributed by atoms with Gasteiger partial charge >= 0.3 is 5.97 Å². The molecule has 1 N–H and O–H groups in total. The first-order valence-corrected chi connectivity index (χ1v) is 6.26. The third kappa shape index (κ3) is 3.42. The fourth-order valence-corrected chi connectivity index (χ4v) is 1.83. The molecule has 0 saturated heterocycles. The molecule has 2 aromatic carbocycles. The molecule has 0 saturated carbocycles. The molecule has 4 nitrogen and oxygen atoms in total. The largest absolute Gasteiger partial charge is 0.497 e. The predicted octanol–water partition coefficient (Wildman–Crippen LogP) is 3.63. The number of carboxylic acids is 1. The standard InChI is InChI=1S/C15H13ClO4/c1-19-13-5-2-10(14(8-13)15(17)18)9-20-12-6-3-11(16)4-7-12/h2-8H,9H2,1H3,(H,17,18). The Morgan fingerprint density at radius 1 is 1.15 bits per heavy atom. The van der Waals surface area contributed by atoms with Gasteiger partial charge in [0, 0.05) is 10.6 Å². The highest BCUT2D eigenvalue weighted by Crippen LogP contribution is 2.21. The molecule has 0 atom stereocenters. The number of hydrogen-bond donors (Lipinski definition) is 1. The SMILES string of the molecule is COc1ccc(COc2ccc(Cl)cc2)c(C(=O)O)c1. The van der Waals surface area contributed by atoms with Crippen molar-refractivity contribution < 1.29 is 19.4 Å². The lowest BCUT2D eigenvalue weighted by molar-refractivity contribution is 0.0693. The van der Waals surface area contributed by atoms with E-state index in [2.05, 4.69) is 0 Å². The van der Waals surface area contributed by atoms with Crippen molar-refractivity contribution >= 4 is 17.6 Å². The van der Waals surface area contributed by atoms with Gasteiger partial charge in [-0.05, 0) is 36.4 Å². The lowest BCUT2D eigenvalue weighted by Gasteiger charge is -2.10. The third-order valence-corrected chi connectivity index (χ3v) is 3.01. The number of methoxy groups -OCH3 is 1. The van der Waals surface area contributed by atoms with Crippen molar-refractivity contribution in [2.45, 2.75) is 6.61 Å². The summed E-state index contributed by atoms with van der Waals surface area (Å²) in [5.74, 6) is 0.109. The van der Waals surface area contributed by atoms with Crippen molar-refractivity contribution in [1.29, 1.82) is 0 Å². The van der Waals surface area contributed by atoms with Gasteiger partial charge in [0.2, 0.25) is 0 Å². The highest BCUT2D eigenvalue weighted by Gasteiger charge is 2.12. The van der Waals surface area contributed by atoms with Crippen molar-refractivity contribution in [3.63, 3.8) is 0 Å². The van der Waals surface area contributed by atoms with Gasteiger partial charge in [-0.3, -0.25) is 0 Å². The monoisotopic (exact) mass is 292 g/mol. The molecule has 0 spiro atoms. The molecule has 2 rings (SSSR count). The fraction of sp³-hybridized carbons (Fsp3) is 0.133. The summed E-state index contributed by atoms with van der Waals surface area (Å²) >= 11 is 5.78. The quantitative estimate of drug-likeness (QED) is 0.914. The van der Waals surface area contributed by atoms with E-state index in [0.29, 0.717) is 22.1 Å². The zero-order valence-electron chi connectivity index (χ0n) is 10.8. The Morgan fingerprint density at radius 3 is 2.40 bits per heavy atom. The second-order valence-corrected chi connectivity index (χ2v) is 4.51. The predicted molar refractivity (Wildman–Crippen MR) is 75.7 cm³/mol. The van der Waals surface area contributed by atoms with Crippen molar-refractivity contribution in [3.05, 3.63) is 58.6 Å². The maximum Gasteiger partial charge on any atom is 0.336 e. The van der Waals surface area contributed by atoms with Crippen molar-refractivity contribution in [2.24, 2.45) is 0 Å². The molecule has 0 amide bonds. The van der Waals surface area contributed by atoms with Crippen molar-refractivity contribution in [1.82, 2.24) is 0 Å². The number of aromatic carboxylic acids is 1. The van der Waals surface area contributed by atoms with Gasteiger partial charge in [0.1, 0.15) is 18.1 Å². The summed E-state index contributed by atoms with van der Waals surface area (Å²) in [5, 5.41) is 9.81. The van der Waals surface area contributed by atoms with E-state index in [-0.39, 0.29) is 12.2 Å². The van der Waals surface area contributed by atoms with Gasteiger partial charge in [-0.1, -0.05) is 17.7 Å². The van der Waals surface area contributed by atoms with Crippen LogP contribution >= 0.6 is 11.6 Å². The van der Waals surface area contributed by atoms with Crippen LogP contribution in [-0.4, -0.2) is 18.2 Å². The normalized spacial score (nSPS) is 10.1. The van der Waals surface area contributed by atoms with Crippen molar-refractivity contribution in [2.75, 3.05) is 7.11 Å². The maximum atomic E-state index is 11.2. The number of ether oxygens (including phenoxy) is 2. The highest BCUT2D eigenvalue weighted by molar-refractivity contribution is 6.30. The molecule has 0 bridgehead atoms. The van der Waals surface area contributed by atoms with Crippen LogP contribution in [0.4, 0.5) is 0 Å². The average Bonchev–Trinajstić information content (AvgIpc) is 2.46. The summed E-state index contributed by atoms with van der Waals surface area (Å²) in [6.07, 6.45) is 0. The number of hydrogen-bond acceptors (Lipinski definition) is 3. The molecule has 0 aliphatic heterocycles. The van der Waals surface area contributed by atoms with Crippen LogP contribution in [0.15, 0.2) is 42.5 Å². The van der Waals surface area contributed by atoms with E-state index in [4.69, 9.17) is 21.1 Å². The molecule has 0 unspecified atom stereocenters. The summed E-state index contributed by atoms with van der Waals surface area (Å²) in [5.41, 5.74) is 0.742. The lowest BCUT2D eigenvalue weighted by Crippen LogP contribution is -2.06. The number of carbonyl (C=O) groups is 1. The van der Waals surface area contributed by atoms with Gasteiger partial charge in [-0.15, -0.1) is 0 Å². The summed E-state index contributed by atoms with van der Waals surface area (Å²) < 4.78 is 10.6. The zero-order valence-corrected chi connectivity index (χ0v) is 11.6. The first-order valence-electron chi connectivity index (χ1n) is 5.88. The number of halogens is 1. The summed E-state index contributed by atoms with van der Waals surface area (Å²) in [6.45, 7) is 0.160. The van der Waals surface area contributed by atoms with E-state index in [1.54, 1.807) is 36.4 Å². The molecule has 0 fully saturated rings. The maximum absolute atomic E-state index is 11.2. The molecule has 2 aromatic rings. The van der Waals surface area contributed by atoms with Crippen LogP contribution in [0.3, 0.4) is 0 Å². The van der Waals surface area contributed by atoms with Gasteiger partial charge in [0.25, 0.3) is 0 Å². The molecule has 0 heterocycles. The number of carboxylic acid groups (broad SMARTS) is 1. The molecule has 0 aliphatic rings. The van der Waals surface area contributed by atoms with Crippen LogP contribution in [0, 0.1) is 0 Å². The Hall–Kier alpha value is -2.20. The topological polar surface area (TPSA) is 55.8 Å². The molecule has 0 aromatic heterocycles. The van der Waals surface area contributed by atoms with E-state index in [1.165, 1.54) is 13.2 Å². The molecule has 20 heavy (non-hydrogen) atoms. The van der Waals surface area contributed by atoms with Crippen LogP contribution < -0.4 is 9.47 Å². The Labute approximate surface area is 121 Å². The number of benzene rings is 2. The lowest BCUT2D eigenvalue weighted by atomic mass is 10.1. The van der Waals surface area contributed by atoms with E-state index in [1.807, 2.05) is 0 Å². The van der Waals surface area contributed by atoms with Crippen molar-refractivity contribution in [3.8, 4) is 11.5 Å². The van der Waals surface area contributed by atoms with Crippen LogP contribution in [0.2, 0.25) is 5.02 Å². The van der Waals surface area contributed by atoms with Crippen LogP contribution in [0.25, 0.3) is 0 Å². The summed E-state index contributed by atoms with van der Waals surface area (Å²) in [7, 11) is 1.49. The van der Waals surface area contributed by atoms with Crippen LogP contribution in [0.1, 0.15) is 15.9 Å². The Kier molecular flexibility index (Phi) is 4.48. The summed E-state index contributed by atoms with van der Waals surface area (Å²) in [4.78, 5) is 11.2. The Bertz CT molecular complexity index is 608. The number of rotatable bonds is 5. The first-order chi connectivity index (χ1) is 9.60. The smallest absolute Gasteiger partial charge is 0.336 e. The molecule has 0 radical (unpaired) electrons. The van der Waals surface area contributed by atoms with Crippen LogP contribution in [-0.2, 0) is 6.61 Å². The molecular weight excluding hydrogens is 280 g/mol. The highest BCUT2D eigenvalue weighted by atomic mass is 35.5. The average molecular weight is 293 g/mol. The molecular formula is C15H13ClO4. The van der Waals surface area contributed by atoms with Crippen LogP contribution in [0.5, 0.6) is 11.5 Å².